The predicted octanol–water partition coefficient (Wildman–Crippen LogP) is 2.60. The van der Waals surface area contributed by atoms with Gasteiger partial charge in [-0.1, -0.05) is 18.2 Å². The number of aromatic nitrogens is 2. The van der Waals surface area contributed by atoms with Crippen molar-refractivity contribution in [2.24, 2.45) is 0 Å². The Morgan fingerprint density at radius 1 is 1.24 bits per heavy atom. The fourth-order valence-corrected chi connectivity index (χ4v) is 2.47. The highest BCUT2D eigenvalue weighted by Gasteiger charge is 2.15. The quantitative estimate of drug-likeness (QED) is 0.801. The van der Waals surface area contributed by atoms with Crippen LogP contribution in [0.25, 0.3) is 5.65 Å². The number of rotatable bonds is 4. The van der Waals surface area contributed by atoms with Crippen LogP contribution in [0.4, 0.5) is 10.2 Å². The minimum Gasteiger partial charge on any atom is -0.390 e. The zero-order valence-electron chi connectivity index (χ0n) is 11.7. The summed E-state index contributed by atoms with van der Waals surface area (Å²) in [4.78, 5) is 6.45. The minimum atomic E-state index is -0.252. The van der Waals surface area contributed by atoms with Crippen LogP contribution in [0.3, 0.4) is 0 Å². The second-order valence-electron chi connectivity index (χ2n) is 4.96. The summed E-state index contributed by atoms with van der Waals surface area (Å²) in [5, 5.41) is 9.62. The first-order valence-electron chi connectivity index (χ1n) is 6.71. The Kier molecular flexibility index (Phi) is 3.58. The Bertz CT molecular complexity index is 769. The van der Waals surface area contributed by atoms with Crippen molar-refractivity contribution in [1.82, 2.24) is 9.38 Å². The van der Waals surface area contributed by atoms with Crippen LogP contribution in [0.15, 0.2) is 48.7 Å². The summed E-state index contributed by atoms with van der Waals surface area (Å²) in [6.07, 6.45) is 1.87. The first-order chi connectivity index (χ1) is 10.2. The Morgan fingerprint density at radius 2 is 2.10 bits per heavy atom. The van der Waals surface area contributed by atoms with E-state index < -0.39 is 0 Å². The van der Waals surface area contributed by atoms with Crippen molar-refractivity contribution in [2.45, 2.75) is 13.2 Å². The van der Waals surface area contributed by atoms with Crippen LogP contribution in [0, 0.1) is 5.82 Å². The highest BCUT2D eigenvalue weighted by molar-refractivity contribution is 5.55. The van der Waals surface area contributed by atoms with Gasteiger partial charge in [0.25, 0.3) is 0 Å². The molecule has 0 aliphatic rings. The van der Waals surface area contributed by atoms with Gasteiger partial charge in [-0.25, -0.2) is 9.37 Å². The molecule has 0 atom stereocenters. The number of hydrogen-bond donors (Lipinski definition) is 1. The van der Waals surface area contributed by atoms with Gasteiger partial charge in [-0.2, -0.15) is 0 Å². The molecule has 1 aromatic carbocycles. The smallest absolute Gasteiger partial charge is 0.153 e. The third-order valence-corrected chi connectivity index (χ3v) is 3.43. The first-order valence-corrected chi connectivity index (χ1v) is 6.71. The number of benzene rings is 1. The van der Waals surface area contributed by atoms with Crippen LogP contribution in [-0.4, -0.2) is 21.5 Å². The predicted molar refractivity (Wildman–Crippen MR) is 79.6 cm³/mol. The van der Waals surface area contributed by atoms with E-state index in [1.165, 1.54) is 12.1 Å². The lowest BCUT2D eigenvalue weighted by atomic mass is 10.2. The molecule has 0 fully saturated rings. The number of imidazole rings is 1. The maximum Gasteiger partial charge on any atom is 0.153 e. The minimum absolute atomic E-state index is 0.103. The van der Waals surface area contributed by atoms with E-state index in [9.17, 15) is 9.50 Å². The van der Waals surface area contributed by atoms with Crippen LogP contribution in [-0.2, 0) is 13.2 Å². The highest BCUT2D eigenvalue weighted by Crippen LogP contribution is 2.22. The van der Waals surface area contributed by atoms with Crippen molar-refractivity contribution in [2.75, 3.05) is 11.9 Å². The number of aliphatic hydroxyl groups excluding tert-OH is 1. The lowest BCUT2D eigenvalue weighted by Gasteiger charge is -2.18. The van der Waals surface area contributed by atoms with Crippen molar-refractivity contribution < 1.29 is 9.50 Å². The number of fused-ring (bicyclic) bond motifs is 1. The number of pyridine rings is 1. The van der Waals surface area contributed by atoms with Crippen molar-refractivity contribution in [3.8, 4) is 0 Å². The van der Waals surface area contributed by atoms with Gasteiger partial charge in [-0.3, -0.25) is 4.40 Å². The van der Waals surface area contributed by atoms with Gasteiger partial charge >= 0.3 is 0 Å². The van der Waals surface area contributed by atoms with E-state index in [-0.39, 0.29) is 12.4 Å². The number of nitrogens with zero attached hydrogens (tertiary/aromatic N) is 3. The van der Waals surface area contributed by atoms with Crippen LogP contribution >= 0.6 is 0 Å². The molecule has 0 saturated heterocycles. The molecule has 21 heavy (non-hydrogen) atoms. The molecule has 0 aliphatic heterocycles. The number of aliphatic hydroxyl groups is 1. The molecule has 5 heteroatoms. The van der Waals surface area contributed by atoms with Crippen LogP contribution in [0.5, 0.6) is 0 Å². The average molecular weight is 285 g/mol. The fraction of sp³-hybridized carbons (Fsp3) is 0.188. The van der Waals surface area contributed by atoms with Crippen molar-refractivity contribution in [1.29, 1.82) is 0 Å². The lowest BCUT2D eigenvalue weighted by Crippen LogP contribution is -2.18. The molecule has 3 aromatic rings. The number of anilines is 1. The number of halogens is 1. The van der Waals surface area contributed by atoms with Gasteiger partial charge < -0.3 is 10.0 Å². The van der Waals surface area contributed by atoms with Gasteiger partial charge in [0.05, 0.1) is 12.3 Å². The summed E-state index contributed by atoms with van der Waals surface area (Å²) < 4.78 is 15.1. The molecule has 4 nitrogen and oxygen atoms in total. The van der Waals surface area contributed by atoms with E-state index in [1.807, 2.05) is 46.8 Å². The molecule has 0 amide bonds. The Labute approximate surface area is 122 Å². The second kappa shape index (κ2) is 5.54. The summed E-state index contributed by atoms with van der Waals surface area (Å²) in [6.45, 7) is 0.419. The third kappa shape index (κ3) is 2.60. The average Bonchev–Trinajstić information content (AvgIpc) is 2.86. The van der Waals surface area contributed by atoms with Gasteiger partial charge in [0, 0.05) is 19.8 Å². The molecule has 2 heterocycles. The van der Waals surface area contributed by atoms with E-state index >= 15 is 0 Å². The fourth-order valence-electron chi connectivity index (χ4n) is 2.47. The second-order valence-corrected chi connectivity index (χ2v) is 4.96. The van der Waals surface area contributed by atoms with E-state index in [1.54, 1.807) is 6.07 Å². The van der Waals surface area contributed by atoms with Gasteiger partial charge in [-0.05, 0) is 29.8 Å². The zero-order valence-corrected chi connectivity index (χ0v) is 11.7. The van der Waals surface area contributed by atoms with Gasteiger partial charge in [0.2, 0.25) is 0 Å². The summed E-state index contributed by atoms with van der Waals surface area (Å²) in [5.41, 5.74) is 2.37. The van der Waals surface area contributed by atoms with Crippen molar-refractivity contribution >= 4 is 11.5 Å². The molecule has 0 radical (unpaired) electrons. The molecule has 0 aliphatic carbocycles. The Hall–Kier alpha value is -2.40. The molecular formula is C16H16FN3O. The Balaban J connectivity index is 1.95. The summed E-state index contributed by atoms with van der Waals surface area (Å²) >= 11 is 0. The summed E-state index contributed by atoms with van der Waals surface area (Å²) in [6, 6.07) is 12.2. The maximum absolute atomic E-state index is 13.3. The maximum atomic E-state index is 13.3. The van der Waals surface area contributed by atoms with E-state index in [2.05, 4.69) is 4.98 Å². The molecule has 1 N–H and O–H groups in total. The molecule has 0 saturated carbocycles. The molecular weight excluding hydrogens is 269 g/mol. The SMILES string of the molecule is CN(Cc1cccc(F)c1)c1nc2ccccn2c1CO. The third-order valence-electron chi connectivity index (χ3n) is 3.43. The van der Waals surface area contributed by atoms with E-state index in [0.29, 0.717) is 12.4 Å². The van der Waals surface area contributed by atoms with Crippen molar-refractivity contribution in [3.63, 3.8) is 0 Å². The van der Waals surface area contributed by atoms with Crippen molar-refractivity contribution in [3.05, 3.63) is 65.7 Å². The lowest BCUT2D eigenvalue weighted by molar-refractivity contribution is 0.276. The largest absolute Gasteiger partial charge is 0.390 e. The molecule has 3 rings (SSSR count). The normalized spacial score (nSPS) is 11.0. The Morgan fingerprint density at radius 3 is 2.86 bits per heavy atom. The summed E-state index contributed by atoms with van der Waals surface area (Å²) in [7, 11) is 1.88. The zero-order chi connectivity index (χ0) is 14.8. The topological polar surface area (TPSA) is 40.8 Å². The molecule has 0 bridgehead atoms. The van der Waals surface area contributed by atoms with Crippen LogP contribution < -0.4 is 4.90 Å². The van der Waals surface area contributed by atoms with Crippen LogP contribution in [0.2, 0.25) is 0 Å². The van der Waals surface area contributed by atoms with Gasteiger partial charge in [0.15, 0.2) is 5.82 Å². The monoisotopic (exact) mass is 285 g/mol. The molecule has 2 aromatic heterocycles. The molecule has 0 spiro atoms. The van der Waals surface area contributed by atoms with E-state index in [0.717, 1.165) is 16.9 Å². The van der Waals surface area contributed by atoms with Gasteiger partial charge in [-0.15, -0.1) is 0 Å². The van der Waals surface area contributed by atoms with Crippen LogP contribution in [0.1, 0.15) is 11.3 Å². The first kappa shape index (κ1) is 13.6. The molecule has 0 unspecified atom stereocenters. The standard InChI is InChI=1S/C16H16FN3O/c1-19(10-12-5-4-6-13(17)9-12)16-14(11-21)20-8-3-2-7-15(20)18-16/h2-9,21H,10-11H2,1H3. The van der Waals surface area contributed by atoms with E-state index in [4.69, 9.17) is 0 Å². The number of hydrogen-bond acceptors (Lipinski definition) is 3. The summed E-state index contributed by atoms with van der Waals surface area (Å²) in [5.74, 6) is 0.450. The highest BCUT2D eigenvalue weighted by atomic mass is 19.1. The van der Waals surface area contributed by atoms with Gasteiger partial charge in [0.1, 0.15) is 11.5 Å². The molecule has 108 valence electrons.